The topological polar surface area (TPSA) is 60.0 Å². The van der Waals surface area contributed by atoms with Crippen molar-refractivity contribution in [2.45, 2.75) is 31.5 Å². The van der Waals surface area contributed by atoms with Gasteiger partial charge >= 0.3 is 6.03 Å². The fraction of sp³-hybridized carbons (Fsp3) is 0.381. The van der Waals surface area contributed by atoms with Gasteiger partial charge in [-0.2, -0.15) is 0 Å². The molecular formula is C21H23ClN2O4. The number of nitrogens with zero attached hydrogens (tertiary/aromatic N) is 1. The molecule has 1 heterocycles. The largest absolute Gasteiger partial charge is 0.492 e. The first-order valence-electron chi connectivity index (χ1n) is 9.46. The van der Waals surface area contributed by atoms with Crippen molar-refractivity contribution >= 4 is 23.3 Å². The zero-order valence-electron chi connectivity index (χ0n) is 15.7. The third kappa shape index (κ3) is 4.12. The highest BCUT2D eigenvalue weighted by Gasteiger charge is 2.44. The SMILES string of the molecule is CN(CCOc1ccc(Cl)cc1)C(=O)Nc1ccc2c(c1)OC1(CCCC1)O2. The molecule has 0 saturated heterocycles. The number of carbonyl (C=O) groups excluding carboxylic acids is 1. The van der Waals surface area contributed by atoms with Gasteiger partial charge in [-0.15, -0.1) is 0 Å². The summed E-state index contributed by atoms with van der Waals surface area (Å²) in [6, 6.07) is 12.4. The molecule has 0 unspecified atom stereocenters. The van der Waals surface area contributed by atoms with E-state index in [2.05, 4.69) is 5.32 Å². The lowest BCUT2D eigenvalue weighted by atomic mass is 10.2. The number of amides is 2. The van der Waals surface area contributed by atoms with E-state index in [0.29, 0.717) is 29.6 Å². The van der Waals surface area contributed by atoms with E-state index in [1.807, 2.05) is 18.2 Å². The maximum Gasteiger partial charge on any atom is 0.321 e. The van der Waals surface area contributed by atoms with Crippen molar-refractivity contribution in [1.29, 1.82) is 0 Å². The number of anilines is 1. The molecule has 0 bridgehead atoms. The summed E-state index contributed by atoms with van der Waals surface area (Å²) in [4.78, 5) is 14.0. The number of benzene rings is 2. The summed E-state index contributed by atoms with van der Waals surface area (Å²) < 4.78 is 17.7. The molecule has 28 heavy (non-hydrogen) atoms. The number of hydrogen-bond donors (Lipinski definition) is 1. The quantitative estimate of drug-likeness (QED) is 0.770. The van der Waals surface area contributed by atoms with Crippen LogP contribution < -0.4 is 19.5 Å². The van der Waals surface area contributed by atoms with Crippen molar-refractivity contribution in [3.05, 3.63) is 47.5 Å². The molecule has 4 rings (SSSR count). The summed E-state index contributed by atoms with van der Waals surface area (Å²) in [5.74, 6) is 1.65. The zero-order valence-corrected chi connectivity index (χ0v) is 16.5. The molecule has 0 atom stereocenters. The van der Waals surface area contributed by atoms with Crippen LogP contribution in [-0.2, 0) is 0 Å². The number of urea groups is 1. The zero-order chi connectivity index (χ0) is 19.6. The number of ether oxygens (including phenoxy) is 3. The van der Waals surface area contributed by atoms with Gasteiger partial charge in [-0.05, 0) is 49.2 Å². The number of halogens is 1. The summed E-state index contributed by atoms with van der Waals surface area (Å²) in [6.45, 7) is 0.831. The number of fused-ring (bicyclic) bond motifs is 1. The van der Waals surface area contributed by atoms with Gasteiger partial charge in [-0.25, -0.2) is 4.79 Å². The maximum absolute atomic E-state index is 12.4. The molecule has 0 aromatic heterocycles. The van der Waals surface area contributed by atoms with E-state index in [4.69, 9.17) is 25.8 Å². The molecule has 1 N–H and O–H groups in total. The van der Waals surface area contributed by atoms with Gasteiger partial charge in [0.2, 0.25) is 0 Å². The average molecular weight is 403 g/mol. The number of carbonyl (C=O) groups is 1. The predicted molar refractivity (Wildman–Crippen MR) is 107 cm³/mol. The Morgan fingerprint density at radius 2 is 1.86 bits per heavy atom. The van der Waals surface area contributed by atoms with Gasteiger partial charge in [0.05, 0.1) is 6.54 Å². The fourth-order valence-electron chi connectivity index (χ4n) is 3.44. The Labute approximate surface area is 169 Å². The van der Waals surface area contributed by atoms with Crippen LogP contribution in [-0.4, -0.2) is 36.9 Å². The molecular weight excluding hydrogens is 380 g/mol. The average Bonchev–Trinajstić information content (AvgIpc) is 3.28. The van der Waals surface area contributed by atoms with Crippen LogP contribution in [0.4, 0.5) is 10.5 Å². The van der Waals surface area contributed by atoms with E-state index in [1.54, 1.807) is 36.2 Å². The van der Waals surface area contributed by atoms with E-state index in [0.717, 1.165) is 37.2 Å². The smallest absolute Gasteiger partial charge is 0.321 e. The lowest BCUT2D eigenvalue weighted by molar-refractivity contribution is -0.0716. The second-order valence-corrected chi connectivity index (χ2v) is 7.57. The predicted octanol–water partition coefficient (Wildman–Crippen LogP) is 4.92. The standard InChI is InChI=1S/C21H23ClN2O4/c1-24(12-13-26-17-7-4-15(22)5-8-17)20(25)23-16-6-9-18-19(14-16)28-21(27-18)10-2-3-11-21/h4-9,14H,2-3,10-13H2,1H3,(H,23,25). The lowest BCUT2D eigenvalue weighted by Gasteiger charge is -2.21. The number of rotatable bonds is 5. The van der Waals surface area contributed by atoms with Gasteiger partial charge in [0.1, 0.15) is 12.4 Å². The van der Waals surface area contributed by atoms with Crippen LogP contribution >= 0.6 is 11.6 Å². The minimum absolute atomic E-state index is 0.214. The molecule has 1 spiro atoms. The molecule has 1 aliphatic carbocycles. The van der Waals surface area contributed by atoms with Gasteiger partial charge in [0.15, 0.2) is 11.5 Å². The van der Waals surface area contributed by atoms with Gasteiger partial charge in [-0.3, -0.25) is 0 Å². The summed E-state index contributed by atoms with van der Waals surface area (Å²) in [5.41, 5.74) is 0.674. The fourth-order valence-corrected chi connectivity index (χ4v) is 3.57. The highest BCUT2D eigenvalue weighted by molar-refractivity contribution is 6.30. The van der Waals surface area contributed by atoms with E-state index < -0.39 is 5.79 Å². The van der Waals surface area contributed by atoms with Gasteiger partial charge in [0.25, 0.3) is 5.79 Å². The summed E-state index contributed by atoms with van der Waals surface area (Å²) in [6.07, 6.45) is 4.03. The first kappa shape index (κ1) is 18.7. The van der Waals surface area contributed by atoms with E-state index in [1.165, 1.54) is 0 Å². The van der Waals surface area contributed by atoms with Crippen LogP contribution in [0.2, 0.25) is 5.02 Å². The van der Waals surface area contributed by atoms with Crippen molar-refractivity contribution in [2.75, 3.05) is 25.5 Å². The van der Waals surface area contributed by atoms with Gasteiger partial charge in [-0.1, -0.05) is 11.6 Å². The minimum Gasteiger partial charge on any atom is -0.492 e. The van der Waals surface area contributed by atoms with Crippen molar-refractivity contribution in [1.82, 2.24) is 4.90 Å². The first-order chi connectivity index (χ1) is 13.5. The Balaban J connectivity index is 1.28. The molecule has 1 aliphatic heterocycles. The van der Waals surface area contributed by atoms with E-state index >= 15 is 0 Å². The number of likely N-dealkylation sites (N-methyl/N-ethyl adjacent to an activating group) is 1. The summed E-state index contributed by atoms with van der Waals surface area (Å²) in [7, 11) is 1.72. The molecule has 2 amide bonds. The molecule has 1 fully saturated rings. The Kier molecular flexibility index (Phi) is 5.22. The van der Waals surface area contributed by atoms with Gasteiger partial charge < -0.3 is 24.4 Å². The van der Waals surface area contributed by atoms with Crippen LogP contribution in [0.15, 0.2) is 42.5 Å². The molecule has 2 aliphatic rings. The van der Waals surface area contributed by atoms with Crippen molar-refractivity contribution < 1.29 is 19.0 Å². The van der Waals surface area contributed by atoms with E-state index in [-0.39, 0.29) is 6.03 Å². The Morgan fingerprint density at radius 1 is 1.14 bits per heavy atom. The molecule has 148 valence electrons. The molecule has 2 aromatic carbocycles. The lowest BCUT2D eigenvalue weighted by Crippen LogP contribution is -2.34. The minimum atomic E-state index is -0.499. The van der Waals surface area contributed by atoms with Crippen LogP contribution in [0, 0.1) is 0 Å². The van der Waals surface area contributed by atoms with Crippen molar-refractivity contribution in [2.24, 2.45) is 0 Å². The van der Waals surface area contributed by atoms with Crippen LogP contribution in [0.1, 0.15) is 25.7 Å². The Morgan fingerprint density at radius 3 is 2.61 bits per heavy atom. The van der Waals surface area contributed by atoms with Crippen LogP contribution in [0.25, 0.3) is 0 Å². The Hall–Kier alpha value is -2.60. The third-order valence-corrected chi connectivity index (χ3v) is 5.26. The second-order valence-electron chi connectivity index (χ2n) is 7.14. The van der Waals surface area contributed by atoms with E-state index in [9.17, 15) is 4.79 Å². The molecule has 1 saturated carbocycles. The molecule has 2 aromatic rings. The van der Waals surface area contributed by atoms with Gasteiger partial charge in [0, 0.05) is 36.7 Å². The molecule has 6 nitrogen and oxygen atoms in total. The highest BCUT2D eigenvalue weighted by atomic mass is 35.5. The Bertz CT molecular complexity index is 850. The van der Waals surface area contributed by atoms with Crippen molar-refractivity contribution in [3.8, 4) is 17.2 Å². The number of nitrogens with one attached hydrogen (secondary N) is 1. The summed E-state index contributed by atoms with van der Waals surface area (Å²) >= 11 is 5.85. The molecule has 7 heteroatoms. The monoisotopic (exact) mass is 402 g/mol. The molecule has 0 radical (unpaired) electrons. The normalized spacial score (nSPS) is 16.2. The third-order valence-electron chi connectivity index (χ3n) is 5.01. The van der Waals surface area contributed by atoms with Crippen molar-refractivity contribution in [3.63, 3.8) is 0 Å². The highest BCUT2D eigenvalue weighted by Crippen LogP contribution is 2.47. The maximum atomic E-state index is 12.4. The second kappa shape index (κ2) is 7.80. The number of hydrogen-bond acceptors (Lipinski definition) is 4. The van der Waals surface area contributed by atoms with Crippen LogP contribution in [0.3, 0.4) is 0 Å². The first-order valence-corrected chi connectivity index (χ1v) is 9.83. The van der Waals surface area contributed by atoms with Crippen LogP contribution in [0.5, 0.6) is 17.2 Å². The summed E-state index contributed by atoms with van der Waals surface area (Å²) in [5, 5.41) is 3.54.